The number of rotatable bonds is 3. The molecule has 0 spiro atoms. The zero-order valence-corrected chi connectivity index (χ0v) is 11.8. The molecule has 0 unspecified atom stereocenters. The number of anilines is 1. The van der Waals surface area contributed by atoms with Crippen molar-refractivity contribution in [2.24, 2.45) is 5.92 Å². The Kier molecular flexibility index (Phi) is 4.13. The van der Waals surface area contributed by atoms with Crippen LogP contribution in [0, 0.1) is 5.92 Å². The van der Waals surface area contributed by atoms with Gasteiger partial charge in [0, 0.05) is 31.2 Å². The summed E-state index contributed by atoms with van der Waals surface area (Å²) >= 11 is 0. The molecule has 2 N–H and O–H groups in total. The van der Waals surface area contributed by atoms with Crippen LogP contribution in [0.4, 0.5) is 5.82 Å². The molecular weight excluding hydrogens is 266 g/mol. The maximum Gasteiger partial charge on any atom is 0.151 e. The molecule has 2 aromatic rings. The van der Waals surface area contributed by atoms with E-state index in [1.807, 2.05) is 47.4 Å². The fourth-order valence-corrected chi connectivity index (χ4v) is 2.66. The van der Waals surface area contributed by atoms with Crippen LogP contribution in [-0.4, -0.2) is 46.2 Å². The predicted octanol–water partition coefficient (Wildman–Crippen LogP) is 1.32. The van der Waals surface area contributed by atoms with Gasteiger partial charge in [0.1, 0.15) is 0 Å². The Hall–Kier alpha value is -1.98. The van der Waals surface area contributed by atoms with E-state index in [2.05, 4.69) is 10.2 Å². The van der Waals surface area contributed by atoms with Gasteiger partial charge in [0.05, 0.1) is 11.8 Å². The van der Waals surface area contributed by atoms with Crippen molar-refractivity contribution in [2.45, 2.75) is 12.5 Å². The van der Waals surface area contributed by atoms with Crippen molar-refractivity contribution in [3.63, 3.8) is 0 Å². The summed E-state index contributed by atoms with van der Waals surface area (Å²) in [7, 11) is 0. The predicted molar refractivity (Wildman–Crippen MR) is 80.9 cm³/mol. The van der Waals surface area contributed by atoms with Crippen molar-refractivity contribution in [3.05, 3.63) is 42.5 Å². The van der Waals surface area contributed by atoms with Gasteiger partial charge in [-0.3, -0.25) is 0 Å². The van der Waals surface area contributed by atoms with Gasteiger partial charge in [-0.1, -0.05) is 30.3 Å². The third kappa shape index (κ3) is 3.04. The first kappa shape index (κ1) is 14.0. The molecule has 0 aliphatic carbocycles. The molecule has 1 aromatic carbocycles. The molecule has 21 heavy (non-hydrogen) atoms. The fraction of sp³-hybridized carbons (Fsp3) is 0.375. The van der Waals surface area contributed by atoms with Crippen LogP contribution in [-0.2, 0) is 0 Å². The smallest absolute Gasteiger partial charge is 0.151 e. The van der Waals surface area contributed by atoms with Gasteiger partial charge in [-0.05, 0) is 18.6 Å². The molecule has 1 fully saturated rings. The quantitative estimate of drug-likeness (QED) is 0.890. The maximum absolute atomic E-state index is 9.98. The summed E-state index contributed by atoms with van der Waals surface area (Å²) in [6.07, 6.45) is 0.249. The van der Waals surface area contributed by atoms with Gasteiger partial charge in [0.15, 0.2) is 5.82 Å². The highest BCUT2D eigenvalue weighted by atomic mass is 16.3. The average molecular weight is 285 g/mol. The lowest BCUT2D eigenvalue weighted by Crippen LogP contribution is -2.45. The van der Waals surface area contributed by atoms with Gasteiger partial charge in [-0.2, -0.15) is 0 Å². The second-order valence-corrected chi connectivity index (χ2v) is 5.39. The Labute approximate surface area is 123 Å². The molecule has 1 saturated heterocycles. The van der Waals surface area contributed by atoms with Crippen LogP contribution < -0.4 is 4.90 Å². The van der Waals surface area contributed by atoms with Crippen molar-refractivity contribution in [1.29, 1.82) is 0 Å². The molecule has 1 aliphatic heterocycles. The van der Waals surface area contributed by atoms with Crippen LogP contribution in [0.3, 0.4) is 0 Å². The van der Waals surface area contributed by atoms with Crippen molar-refractivity contribution in [1.82, 2.24) is 10.2 Å². The van der Waals surface area contributed by atoms with Crippen LogP contribution in [0.5, 0.6) is 0 Å². The second kappa shape index (κ2) is 6.20. The highest BCUT2D eigenvalue weighted by molar-refractivity contribution is 5.59. The first-order valence-corrected chi connectivity index (χ1v) is 7.21. The summed E-state index contributed by atoms with van der Waals surface area (Å²) in [6, 6.07) is 13.8. The fourth-order valence-electron chi connectivity index (χ4n) is 2.66. The molecule has 5 heteroatoms. The van der Waals surface area contributed by atoms with E-state index in [9.17, 15) is 10.2 Å². The zero-order chi connectivity index (χ0) is 14.7. The van der Waals surface area contributed by atoms with Crippen LogP contribution >= 0.6 is 0 Å². The normalized spacial score (nSPS) is 22.3. The summed E-state index contributed by atoms with van der Waals surface area (Å²) in [6.45, 7) is 1.31. The first-order valence-electron chi connectivity index (χ1n) is 7.21. The van der Waals surface area contributed by atoms with Crippen molar-refractivity contribution in [3.8, 4) is 11.3 Å². The Morgan fingerprint density at radius 3 is 2.52 bits per heavy atom. The first-order chi connectivity index (χ1) is 10.3. The van der Waals surface area contributed by atoms with Gasteiger partial charge < -0.3 is 15.1 Å². The third-order valence-electron chi connectivity index (χ3n) is 4.00. The lowest BCUT2D eigenvalue weighted by Gasteiger charge is -2.35. The lowest BCUT2D eigenvalue weighted by molar-refractivity contribution is 0.0545. The van der Waals surface area contributed by atoms with Crippen molar-refractivity contribution in [2.75, 3.05) is 24.6 Å². The zero-order valence-electron chi connectivity index (χ0n) is 11.8. The highest BCUT2D eigenvalue weighted by Crippen LogP contribution is 2.23. The minimum atomic E-state index is -0.514. The summed E-state index contributed by atoms with van der Waals surface area (Å²) < 4.78 is 0. The van der Waals surface area contributed by atoms with Crippen LogP contribution in [0.2, 0.25) is 0 Å². The molecule has 0 saturated carbocycles. The molecule has 1 aromatic heterocycles. The minimum Gasteiger partial charge on any atom is -0.396 e. The highest BCUT2D eigenvalue weighted by Gasteiger charge is 2.27. The second-order valence-electron chi connectivity index (χ2n) is 5.39. The van der Waals surface area contributed by atoms with E-state index in [0.29, 0.717) is 6.54 Å². The molecule has 110 valence electrons. The molecule has 0 amide bonds. The number of hydrogen-bond donors (Lipinski definition) is 2. The van der Waals surface area contributed by atoms with E-state index in [4.69, 9.17) is 0 Å². The standard InChI is InChI=1S/C16H19N3O2/c20-11-13-8-9-19(10-15(13)21)16-7-6-14(17-18-16)12-4-2-1-3-5-12/h1-7,13,15,20-21H,8-11H2/t13-,15+/m1/s1. The maximum atomic E-state index is 9.98. The molecule has 0 radical (unpaired) electrons. The molecule has 3 rings (SSSR count). The number of aromatic nitrogens is 2. The van der Waals surface area contributed by atoms with E-state index < -0.39 is 6.10 Å². The average Bonchev–Trinajstić information content (AvgIpc) is 2.56. The minimum absolute atomic E-state index is 0.0298. The van der Waals surface area contributed by atoms with Crippen LogP contribution in [0.15, 0.2) is 42.5 Å². The number of aliphatic hydroxyl groups is 2. The number of aliphatic hydroxyl groups excluding tert-OH is 2. The SMILES string of the molecule is OC[C@H]1CCN(c2ccc(-c3ccccc3)nn2)C[C@@H]1O. The topological polar surface area (TPSA) is 69.5 Å². The van der Waals surface area contributed by atoms with Crippen LogP contribution in [0.1, 0.15) is 6.42 Å². The summed E-state index contributed by atoms with van der Waals surface area (Å²) in [5.74, 6) is 0.739. The largest absolute Gasteiger partial charge is 0.396 e. The molecule has 2 heterocycles. The summed E-state index contributed by atoms with van der Waals surface area (Å²) in [5, 5.41) is 27.7. The molecule has 0 bridgehead atoms. The Bertz CT molecular complexity index is 574. The molecule has 2 atom stereocenters. The number of piperidine rings is 1. The van der Waals surface area contributed by atoms with Gasteiger partial charge in [-0.25, -0.2) is 0 Å². The molecule has 5 nitrogen and oxygen atoms in total. The Morgan fingerprint density at radius 2 is 1.90 bits per heavy atom. The van der Waals surface area contributed by atoms with E-state index in [0.717, 1.165) is 30.0 Å². The number of β-amino-alcohol motifs (C(OH)–C–C–N with tert-alkyl or cyclic N) is 1. The van der Waals surface area contributed by atoms with E-state index in [1.165, 1.54) is 0 Å². The van der Waals surface area contributed by atoms with E-state index in [1.54, 1.807) is 0 Å². The van der Waals surface area contributed by atoms with E-state index >= 15 is 0 Å². The van der Waals surface area contributed by atoms with Gasteiger partial charge in [0.25, 0.3) is 0 Å². The Balaban J connectivity index is 1.73. The molecular formula is C16H19N3O2. The Morgan fingerprint density at radius 1 is 1.10 bits per heavy atom. The number of nitrogens with zero attached hydrogens (tertiary/aromatic N) is 3. The third-order valence-corrected chi connectivity index (χ3v) is 4.00. The monoisotopic (exact) mass is 285 g/mol. The number of benzene rings is 1. The van der Waals surface area contributed by atoms with Crippen molar-refractivity contribution < 1.29 is 10.2 Å². The van der Waals surface area contributed by atoms with Gasteiger partial charge in [-0.15, -0.1) is 10.2 Å². The van der Waals surface area contributed by atoms with Crippen LogP contribution in [0.25, 0.3) is 11.3 Å². The summed E-state index contributed by atoms with van der Waals surface area (Å²) in [5.41, 5.74) is 1.88. The number of hydrogen-bond acceptors (Lipinski definition) is 5. The lowest BCUT2D eigenvalue weighted by atomic mass is 9.95. The van der Waals surface area contributed by atoms with E-state index in [-0.39, 0.29) is 12.5 Å². The van der Waals surface area contributed by atoms with Gasteiger partial charge >= 0.3 is 0 Å². The molecule has 1 aliphatic rings. The van der Waals surface area contributed by atoms with Gasteiger partial charge in [0.2, 0.25) is 0 Å². The van der Waals surface area contributed by atoms with Crippen molar-refractivity contribution >= 4 is 5.82 Å². The summed E-state index contributed by atoms with van der Waals surface area (Å²) in [4.78, 5) is 2.01.